The Morgan fingerprint density at radius 3 is 2.10 bits per heavy atom. The van der Waals surface area contributed by atoms with Crippen molar-refractivity contribution < 1.29 is 18.7 Å². The van der Waals surface area contributed by atoms with Crippen molar-refractivity contribution in [1.29, 1.82) is 0 Å². The molecule has 0 radical (unpaired) electrons. The largest absolute Gasteiger partial charge is 0.507 e. The second-order valence-electron chi connectivity index (χ2n) is 3.52. The van der Waals surface area contributed by atoms with Gasteiger partial charge in [-0.25, -0.2) is 8.78 Å². The summed E-state index contributed by atoms with van der Waals surface area (Å²) in [5.41, 5.74) is 0.642. The average Bonchev–Trinajstić information content (AvgIpc) is 2.52. The van der Waals surface area contributed by atoms with Crippen LogP contribution in [0.1, 0.15) is 38.1 Å². The number of aldehydes is 1. The van der Waals surface area contributed by atoms with Gasteiger partial charge in [-0.3, -0.25) is 4.79 Å². The van der Waals surface area contributed by atoms with Crippen molar-refractivity contribution in [2.75, 3.05) is 0 Å². The van der Waals surface area contributed by atoms with Crippen LogP contribution in [0, 0.1) is 11.6 Å². The molecule has 0 spiro atoms. The Morgan fingerprint density at radius 1 is 0.952 bits per heavy atom. The normalized spacial score (nSPS) is 8.86. The van der Waals surface area contributed by atoms with Gasteiger partial charge >= 0.3 is 0 Å². The second-order valence-corrected chi connectivity index (χ2v) is 3.52. The number of aromatic hydroxyl groups is 1. The van der Waals surface area contributed by atoms with Crippen molar-refractivity contribution in [2.45, 2.75) is 27.7 Å². The maximum atomic E-state index is 13.5. The van der Waals surface area contributed by atoms with Crippen LogP contribution in [0.4, 0.5) is 8.78 Å². The highest BCUT2D eigenvalue weighted by atomic mass is 19.1. The number of rotatable bonds is 2. The molecule has 2 nitrogen and oxygen atoms in total. The zero-order valence-electron chi connectivity index (χ0n) is 12.7. The predicted octanol–water partition coefficient (Wildman–Crippen LogP) is 5.20. The molecule has 0 aliphatic carbocycles. The summed E-state index contributed by atoms with van der Waals surface area (Å²) in [5, 5.41) is 9.31. The Balaban J connectivity index is 0.000000921. The van der Waals surface area contributed by atoms with Crippen molar-refractivity contribution in [3.63, 3.8) is 0 Å². The van der Waals surface area contributed by atoms with Crippen LogP contribution in [0.3, 0.4) is 0 Å². The molecule has 114 valence electrons. The molecule has 2 aromatic carbocycles. The van der Waals surface area contributed by atoms with Gasteiger partial charge in [-0.15, -0.1) is 0 Å². The maximum Gasteiger partial charge on any atom is 0.153 e. The van der Waals surface area contributed by atoms with E-state index in [1.807, 2.05) is 27.7 Å². The van der Waals surface area contributed by atoms with Crippen molar-refractivity contribution in [3.05, 3.63) is 53.6 Å². The lowest BCUT2D eigenvalue weighted by atomic mass is 10.0. The first-order chi connectivity index (χ1) is 10.1. The first-order valence-electron chi connectivity index (χ1n) is 6.85. The Labute approximate surface area is 124 Å². The fraction of sp³-hybridized carbons (Fsp3) is 0.235. The van der Waals surface area contributed by atoms with Crippen molar-refractivity contribution in [1.82, 2.24) is 0 Å². The van der Waals surface area contributed by atoms with E-state index in [4.69, 9.17) is 0 Å². The molecule has 0 amide bonds. The van der Waals surface area contributed by atoms with E-state index < -0.39 is 11.6 Å². The topological polar surface area (TPSA) is 37.3 Å². The van der Waals surface area contributed by atoms with E-state index in [9.17, 15) is 18.7 Å². The molecule has 0 aliphatic rings. The lowest BCUT2D eigenvalue weighted by molar-refractivity contribution is 0.112. The summed E-state index contributed by atoms with van der Waals surface area (Å²) in [6.45, 7) is 8.00. The zero-order valence-corrected chi connectivity index (χ0v) is 12.7. The Morgan fingerprint density at radius 2 is 1.57 bits per heavy atom. The highest BCUT2D eigenvalue weighted by molar-refractivity contribution is 5.82. The minimum Gasteiger partial charge on any atom is -0.507 e. The zero-order chi connectivity index (χ0) is 16.4. The van der Waals surface area contributed by atoms with Crippen LogP contribution in [-0.2, 0) is 0 Å². The SMILES string of the molecule is CC.CC.O=Cc1cc(-c2ccc(F)cc2F)ccc1O. The molecule has 2 rings (SSSR count). The minimum atomic E-state index is -0.715. The van der Waals surface area contributed by atoms with Gasteiger partial charge in [0, 0.05) is 11.6 Å². The number of phenolic OH excluding ortho intramolecular Hbond substituents is 1. The quantitative estimate of drug-likeness (QED) is 0.773. The molecular formula is C17H20F2O2. The molecule has 0 fully saturated rings. The molecule has 0 saturated carbocycles. The Hall–Kier alpha value is -2.23. The number of halogens is 2. The van der Waals surface area contributed by atoms with E-state index in [0.717, 1.165) is 12.1 Å². The lowest BCUT2D eigenvalue weighted by Crippen LogP contribution is -1.88. The summed E-state index contributed by atoms with van der Waals surface area (Å²) in [4.78, 5) is 10.6. The summed E-state index contributed by atoms with van der Waals surface area (Å²) in [5.74, 6) is -1.56. The molecule has 0 heterocycles. The summed E-state index contributed by atoms with van der Waals surface area (Å²) in [7, 11) is 0. The summed E-state index contributed by atoms with van der Waals surface area (Å²) >= 11 is 0. The molecule has 21 heavy (non-hydrogen) atoms. The van der Waals surface area contributed by atoms with E-state index in [1.165, 1.54) is 24.3 Å². The lowest BCUT2D eigenvalue weighted by Gasteiger charge is -2.05. The van der Waals surface area contributed by atoms with Gasteiger partial charge in [0.1, 0.15) is 17.4 Å². The molecule has 1 N–H and O–H groups in total. The molecule has 0 bridgehead atoms. The van der Waals surface area contributed by atoms with Gasteiger partial charge in [0.25, 0.3) is 0 Å². The third kappa shape index (κ3) is 4.99. The molecule has 2 aromatic rings. The molecule has 0 aromatic heterocycles. The van der Waals surface area contributed by atoms with E-state index in [-0.39, 0.29) is 16.9 Å². The van der Waals surface area contributed by atoms with E-state index in [1.54, 1.807) is 0 Å². The highest BCUT2D eigenvalue weighted by Crippen LogP contribution is 2.27. The number of hydrogen-bond donors (Lipinski definition) is 1. The minimum absolute atomic E-state index is 0.0613. The van der Waals surface area contributed by atoms with Crippen LogP contribution < -0.4 is 0 Å². The molecule has 0 aliphatic heterocycles. The van der Waals surface area contributed by atoms with E-state index in [0.29, 0.717) is 11.8 Å². The standard InChI is InChI=1S/C13H8F2O2.2C2H6/c14-10-2-3-11(12(15)6-10)8-1-4-13(17)9(5-8)7-16;2*1-2/h1-7,17H;2*1-2H3. The maximum absolute atomic E-state index is 13.5. The van der Waals surface area contributed by atoms with Gasteiger partial charge < -0.3 is 5.11 Å². The van der Waals surface area contributed by atoms with E-state index in [2.05, 4.69) is 0 Å². The highest BCUT2D eigenvalue weighted by Gasteiger charge is 2.08. The van der Waals surface area contributed by atoms with Crippen molar-refractivity contribution in [2.24, 2.45) is 0 Å². The summed E-state index contributed by atoms with van der Waals surface area (Å²) in [6, 6.07) is 7.28. The number of phenols is 1. The van der Waals surface area contributed by atoms with Crippen LogP contribution in [-0.4, -0.2) is 11.4 Å². The average molecular weight is 294 g/mol. The van der Waals surface area contributed by atoms with Gasteiger partial charge in [-0.1, -0.05) is 33.8 Å². The fourth-order valence-electron chi connectivity index (χ4n) is 1.54. The first-order valence-corrected chi connectivity index (χ1v) is 6.85. The number of benzene rings is 2. The molecular weight excluding hydrogens is 274 g/mol. The molecule has 0 unspecified atom stereocenters. The van der Waals surface area contributed by atoms with E-state index >= 15 is 0 Å². The van der Waals surface area contributed by atoms with Gasteiger partial charge in [0.2, 0.25) is 0 Å². The Kier molecular flexibility index (Phi) is 8.62. The monoisotopic (exact) mass is 294 g/mol. The third-order valence-corrected chi connectivity index (χ3v) is 2.40. The van der Waals surface area contributed by atoms with Gasteiger partial charge in [0.15, 0.2) is 6.29 Å². The van der Waals surface area contributed by atoms with Gasteiger partial charge in [0.05, 0.1) is 5.56 Å². The molecule has 4 heteroatoms. The first kappa shape index (κ1) is 18.8. The number of carbonyl (C=O) groups is 1. The number of carbonyl (C=O) groups excluding carboxylic acids is 1. The van der Waals surface area contributed by atoms with Crippen LogP contribution in [0.15, 0.2) is 36.4 Å². The third-order valence-electron chi connectivity index (χ3n) is 2.40. The predicted molar refractivity (Wildman–Crippen MR) is 81.5 cm³/mol. The van der Waals surface area contributed by atoms with Crippen LogP contribution in [0.2, 0.25) is 0 Å². The fourth-order valence-corrected chi connectivity index (χ4v) is 1.54. The number of hydrogen-bond acceptors (Lipinski definition) is 2. The van der Waals surface area contributed by atoms with Crippen LogP contribution >= 0.6 is 0 Å². The molecule has 0 saturated heterocycles. The molecule has 0 atom stereocenters. The smallest absolute Gasteiger partial charge is 0.153 e. The summed E-state index contributed by atoms with van der Waals surface area (Å²) < 4.78 is 26.2. The van der Waals surface area contributed by atoms with Crippen LogP contribution in [0.25, 0.3) is 11.1 Å². The van der Waals surface area contributed by atoms with Gasteiger partial charge in [-0.2, -0.15) is 0 Å². The van der Waals surface area contributed by atoms with Crippen molar-refractivity contribution in [3.8, 4) is 16.9 Å². The second kappa shape index (κ2) is 9.64. The van der Waals surface area contributed by atoms with Crippen LogP contribution in [0.5, 0.6) is 5.75 Å². The Bertz CT molecular complexity index is 581. The summed E-state index contributed by atoms with van der Waals surface area (Å²) in [6.07, 6.45) is 0.472. The van der Waals surface area contributed by atoms with Crippen molar-refractivity contribution >= 4 is 6.29 Å². The van der Waals surface area contributed by atoms with Gasteiger partial charge in [-0.05, 0) is 29.8 Å².